The van der Waals surface area contributed by atoms with Gasteiger partial charge in [0.2, 0.25) is 5.91 Å². The first-order valence-corrected chi connectivity index (χ1v) is 10.6. The second kappa shape index (κ2) is 9.47. The van der Waals surface area contributed by atoms with Crippen LogP contribution in [0.4, 0.5) is 0 Å². The molecule has 0 saturated carbocycles. The fourth-order valence-electron chi connectivity index (χ4n) is 3.45. The molecule has 0 aliphatic rings. The molecule has 1 heterocycles. The normalized spacial score (nSPS) is 11.9. The van der Waals surface area contributed by atoms with Crippen molar-refractivity contribution >= 4 is 16.8 Å². The van der Waals surface area contributed by atoms with Crippen LogP contribution in [0.15, 0.2) is 29.1 Å². The average molecular weight is 401 g/mol. The zero-order chi connectivity index (χ0) is 21.8. The van der Waals surface area contributed by atoms with Crippen LogP contribution >= 0.6 is 0 Å². The number of ether oxygens (including phenoxy) is 1. The molecule has 0 fully saturated rings. The standard InChI is InChI=1S/C24H36N2O3/c1-8-12-25(13-11-17(2)3)22(27)16-26-21-15-19(29-7)10-9-18(21)14-20(23(26)28)24(4,5)6/h9-10,14-15,17H,8,11-13,16H2,1-7H3. The Bertz CT molecular complexity index is 907. The van der Waals surface area contributed by atoms with Crippen LogP contribution in [0, 0.1) is 5.92 Å². The lowest BCUT2D eigenvalue weighted by Crippen LogP contribution is -2.39. The zero-order valence-corrected chi connectivity index (χ0v) is 19.0. The second-order valence-corrected chi connectivity index (χ2v) is 9.19. The third kappa shape index (κ3) is 5.62. The summed E-state index contributed by atoms with van der Waals surface area (Å²) in [6.45, 7) is 13.9. The van der Waals surface area contributed by atoms with Gasteiger partial charge in [-0.3, -0.25) is 14.2 Å². The maximum absolute atomic E-state index is 13.4. The molecule has 1 aromatic heterocycles. The van der Waals surface area contributed by atoms with Crippen LogP contribution in [-0.4, -0.2) is 35.6 Å². The van der Waals surface area contributed by atoms with Crippen LogP contribution in [0.2, 0.25) is 0 Å². The van der Waals surface area contributed by atoms with E-state index in [1.165, 1.54) is 0 Å². The summed E-state index contributed by atoms with van der Waals surface area (Å²) in [5.74, 6) is 1.19. The summed E-state index contributed by atoms with van der Waals surface area (Å²) in [4.78, 5) is 28.4. The van der Waals surface area contributed by atoms with E-state index in [2.05, 4.69) is 20.8 Å². The van der Waals surface area contributed by atoms with E-state index < -0.39 is 0 Å². The lowest BCUT2D eigenvalue weighted by atomic mass is 9.87. The summed E-state index contributed by atoms with van der Waals surface area (Å²) < 4.78 is 6.98. The Kier molecular flexibility index (Phi) is 7.50. The van der Waals surface area contributed by atoms with Gasteiger partial charge in [0.1, 0.15) is 12.3 Å². The molecule has 1 aromatic carbocycles. The molecule has 1 amide bonds. The Balaban J connectivity index is 2.54. The first-order valence-electron chi connectivity index (χ1n) is 10.6. The highest BCUT2D eigenvalue weighted by atomic mass is 16.5. The molecular weight excluding hydrogens is 364 g/mol. The Morgan fingerprint density at radius 1 is 1.17 bits per heavy atom. The van der Waals surface area contributed by atoms with E-state index in [0.29, 0.717) is 23.8 Å². The van der Waals surface area contributed by atoms with Crippen molar-refractivity contribution in [2.45, 2.75) is 66.3 Å². The number of rotatable bonds is 8. The molecule has 160 valence electrons. The van der Waals surface area contributed by atoms with E-state index in [1.807, 2.05) is 49.9 Å². The number of nitrogens with zero attached hydrogens (tertiary/aromatic N) is 2. The Morgan fingerprint density at radius 2 is 1.86 bits per heavy atom. The molecular formula is C24H36N2O3. The molecule has 0 atom stereocenters. The van der Waals surface area contributed by atoms with Gasteiger partial charge in [0.15, 0.2) is 0 Å². The van der Waals surface area contributed by atoms with E-state index >= 15 is 0 Å². The number of benzene rings is 1. The smallest absolute Gasteiger partial charge is 0.255 e. The summed E-state index contributed by atoms with van der Waals surface area (Å²) >= 11 is 0. The minimum Gasteiger partial charge on any atom is -0.497 e. The van der Waals surface area contributed by atoms with Crippen molar-refractivity contribution in [1.29, 1.82) is 0 Å². The lowest BCUT2D eigenvalue weighted by molar-refractivity contribution is -0.132. The molecule has 2 aromatic rings. The third-order valence-corrected chi connectivity index (χ3v) is 5.23. The Labute approximate surface area is 174 Å². The van der Waals surface area contributed by atoms with E-state index in [4.69, 9.17) is 4.74 Å². The summed E-state index contributed by atoms with van der Waals surface area (Å²) in [5.41, 5.74) is 1.03. The molecule has 0 aliphatic heterocycles. The number of aromatic nitrogens is 1. The summed E-state index contributed by atoms with van der Waals surface area (Å²) in [5, 5.41) is 0.937. The van der Waals surface area contributed by atoms with Gasteiger partial charge in [-0.25, -0.2) is 0 Å². The van der Waals surface area contributed by atoms with Crippen molar-refractivity contribution in [2.75, 3.05) is 20.2 Å². The predicted molar refractivity (Wildman–Crippen MR) is 120 cm³/mol. The van der Waals surface area contributed by atoms with Gasteiger partial charge in [-0.15, -0.1) is 0 Å². The van der Waals surface area contributed by atoms with Gasteiger partial charge in [0.25, 0.3) is 5.56 Å². The first kappa shape index (κ1) is 23.0. The van der Waals surface area contributed by atoms with Crippen LogP contribution < -0.4 is 10.3 Å². The third-order valence-electron chi connectivity index (χ3n) is 5.23. The van der Waals surface area contributed by atoms with Crippen LogP contribution in [-0.2, 0) is 16.8 Å². The highest BCUT2D eigenvalue weighted by Gasteiger charge is 2.23. The quantitative estimate of drug-likeness (QED) is 0.651. The van der Waals surface area contributed by atoms with Gasteiger partial charge in [-0.1, -0.05) is 41.5 Å². The van der Waals surface area contributed by atoms with Gasteiger partial charge in [0, 0.05) is 24.7 Å². The van der Waals surface area contributed by atoms with Gasteiger partial charge in [-0.2, -0.15) is 0 Å². The topological polar surface area (TPSA) is 51.5 Å². The average Bonchev–Trinajstić information content (AvgIpc) is 2.65. The van der Waals surface area contributed by atoms with Crippen molar-refractivity contribution in [1.82, 2.24) is 9.47 Å². The maximum Gasteiger partial charge on any atom is 0.255 e. The lowest BCUT2D eigenvalue weighted by Gasteiger charge is -2.25. The zero-order valence-electron chi connectivity index (χ0n) is 19.0. The number of carbonyl (C=O) groups excluding carboxylic acids is 1. The number of hydrogen-bond acceptors (Lipinski definition) is 3. The predicted octanol–water partition coefficient (Wildman–Crippen LogP) is 4.59. The SMILES string of the molecule is CCCN(CCC(C)C)C(=O)Cn1c(=O)c(C(C)(C)C)cc2ccc(OC)cc21. The number of amides is 1. The van der Waals surface area contributed by atoms with E-state index in [-0.39, 0.29) is 23.4 Å². The second-order valence-electron chi connectivity index (χ2n) is 9.19. The number of carbonyl (C=O) groups is 1. The van der Waals surface area contributed by atoms with Gasteiger partial charge < -0.3 is 9.64 Å². The number of hydrogen-bond donors (Lipinski definition) is 0. The van der Waals surface area contributed by atoms with Crippen molar-refractivity contribution in [2.24, 2.45) is 5.92 Å². The molecule has 0 saturated heterocycles. The van der Waals surface area contributed by atoms with E-state index in [1.54, 1.807) is 11.7 Å². The molecule has 0 aliphatic carbocycles. The largest absolute Gasteiger partial charge is 0.497 e. The van der Waals surface area contributed by atoms with E-state index in [9.17, 15) is 9.59 Å². The first-order chi connectivity index (χ1) is 13.6. The van der Waals surface area contributed by atoms with Crippen LogP contribution in [0.25, 0.3) is 10.9 Å². The van der Waals surface area contributed by atoms with Gasteiger partial charge in [-0.05, 0) is 47.8 Å². The highest BCUT2D eigenvalue weighted by Crippen LogP contribution is 2.25. The molecule has 5 nitrogen and oxygen atoms in total. The molecule has 0 N–H and O–H groups in total. The van der Waals surface area contributed by atoms with Crippen molar-refractivity contribution in [3.63, 3.8) is 0 Å². The van der Waals surface area contributed by atoms with Crippen molar-refractivity contribution in [3.8, 4) is 5.75 Å². The fraction of sp³-hybridized carbons (Fsp3) is 0.583. The number of fused-ring (bicyclic) bond motifs is 1. The summed E-state index contributed by atoms with van der Waals surface area (Å²) in [7, 11) is 1.60. The minimum atomic E-state index is -0.309. The Hall–Kier alpha value is -2.30. The Morgan fingerprint density at radius 3 is 2.41 bits per heavy atom. The van der Waals surface area contributed by atoms with Crippen molar-refractivity contribution < 1.29 is 9.53 Å². The molecule has 0 unspecified atom stereocenters. The van der Waals surface area contributed by atoms with E-state index in [0.717, 1.165) is 30.3 Å². The summed E-state index contributed by atoms with van der Waals surface area (Å²) in [6.07, 6.45) is 1.85. The molecule has 5 heteroatoms. The number of methoxy groups -OCH3 is 1. The molecule has 0 radical (unpaired) electrons. The van der Waals surface area contributed by atoms with Gasteiger partial charge >= 0.3 is 0 Å². The van der Waals surface area contributed by atoms with Crippen LogP contribution in [0.5, 0.6) is 5.75 Å². The van der Waals surface area contributed by atoms with Crippen LogP contribution in [0.1, 0.15) is 59.9 Å². The van der Waals surface area contributed by atoms with Crippen molar-refractivity contribution in [3.05, 3.63) is 40.2 Å². The monoisotopic (exact) mass is 400 g/mol. The molecule has 2 rings (SSSR count). The van der Waals surface area contributed by atoms with Gasteiger partial charge in [0.05, 0.1) is 12.6 Å². The molecule has 0 bridgehead atoms. The molecule has 29 heavy (non-hydrogen) atoms. The fourth-order valence-corrected chi connectivity index (χ4v) is 3.45. The number of pyridine rings is 1. The molecule has 0 spiro atoms. The highest BCUT2D eigenvalue weighted by molar-refractivity contribution is 5.84. The van der Waals surface area contributed by atoms with Crippen LogP contribution in [0.3, 0.4) is 0 Å². The minimum absolute atomic E-state index is 0.00946. The maximum atomic E-state index is 13.4. The summed E-state index contributed by atoms with van der Waals surface area (Å²) in [6, 6.07) is 7.62.